The molecule has 0 spiro atoms. The summed E-state index contributed by atoms with van der Waals surface area (Å²) in [6, 6.07) is 0.128. The van der Waals surface area contributed by atoms with Gasteiger partial charge in [-0.05, 0) is 31.6 Å². The van der Waals surface area contributed by atoms with Crippen molar-refractivity contribution in [2.45, 2.75) is 64.6 Å². The van der Waals surface area contributed by atoms with Crippen molar-refractivity contribution in [3.8, 4) is 0 Å². The summed E-state index contributed by atoms with van der Waals surface area (Å²) in [5.74, 6) is 0.317. The fourth-order valence-electron chi connectivity index (χ4n) is 2.94. The van der Waals surface area contributed by atoms with Crippen LogP contribution in [0.5, 0.6) is 0 Å². The van der Waals surface area contributed by atoms with Gasteiger partial charge in [-0.15, -0.1) is 0 Å². The van der Waals surface area contributed by atoms with Crippen LogP contribution in [0.25, 0.3) is 0 Å². The summed E-state index contributed by atoms with van der Waals surface area (Å²) in [7, 11) is 0. The van der Waals surface area contributed by atoms with E-state index >= 15 is 0 Å². The Balaban J connectivity index is 1.99. The summed E-state index contributed by atoms with van der Waals surface area (Å²) in [6.45, 7) is 7.02. The fraction of sp³-hybridized carbons (Fsp3) is 0.867. The zero-order valence-corrected chi connectivity index (χ0v) is 12.8. The molecule has 1 aliphatic heterocycles. The van der Waals surface area contributed by atoms with E-state index in [0.29, 0.717) is 12.6 Å². The lowest BCUT2D eigenvalue weighted by Gasteiger charge is -2.32. The summed E-state index contributed by atoms with van der Waals surface area (Å²) in [5.41, 5.74) is 5.99. The molecule has 0 aromatic rings. The van der Waals surface area contributed by atoms with Crippen LogP contribution in [-0.4, -0.2) is 52.8 Å². The Hall–Kier alpha value is -1.10. The van der Waals surface area contributed by atoms with Crippen LogP contribution in [0, 0.1) is 5.92 Å². The number of amides is 2. The largest absolute Gasteiger partial charge is 0.338 e. The second-order valence-electron chi connectivity index (χ2n) is 6.50. The summed E-state index contributed by atoms with van der Waals surface area (Å²) in [4.78, 5) is 28.0. The molecular formula is C15H27N3O2. The lowest BCUT2D eigenvalue weighted by molar-refractivity contribution is -0.137. The summed E-state index contributed by atoms with van der Waals surface area (Å²) < 4.78 is 0. The fourth-order valence-corrected chi connectivity index (χ4v) is 2.94. The smallest absolute Gasteiger partial charge is 0.240 e. The maximum Gasteiger partial charge on any atom is 0.240 e. The average Bonchev–Trinajstić information content (AvgIpc) is 3.12. The number of nitrogens with zero attached hydrogens (tertiary/aromatic N) is 2. The Bertz CT molecular complexity index is 379. The molecule has 1 saturated carbocycles. The highest BCUT2D eigenvalue weighted by Gasteiger charge is 2.37. The minimum absolute atomic E-state index is 0.0433. The second kappa shape index (κ2) is 6.12. The Kier molecular flexibility index (Phi) is 4.68. The molecule has 114 valence electrons. The highest BCUT2D eigenvalue weighted by atomic mass is 16.2. The molecule has 5 heteroatoms. The maximum absolute atomic E-state index is 12.4. The van der Waals surface area contributed by atoms with Crippen molar-refractivity contribution in [1.82, 2.24) is 9.80 Å². The van der Waals surface area contributed by atoms with Gasteiger partial charge in [-0.2, -0.15) is 0 Å². The summed E-state index contributed by atoms with van der Waals surface area (Å²) >= 11 is 0. The van der Waals surface area contributed by atoms with E-state index in [1.165, 1.54) is 0 Å². The quantitative estimate of drug-likeness (QED) is 0.816. The third-order valence-electron chi connectivity index (χ3n) is 4.46. The summed E-state index contributed by atoms with van der Waals surface area (Å²) in [6.07, 6.45) is 4.20. The van der Waals surface area contributed by atoms with Crippen LogP contribution in [0.2, 0.25) is 0 Å². The molecule has 2 amide bonds. The molecule has 5 nitrogen and oxygen atoms in total. The zero-order chi connectivity index (χ0) is 14.9. The van der Waals surface area contributed by atoms with Crippen molar-refractivity contribution in [3.05, 3.63) is 0 Å². The molecule has 0 radical (unpaired) electrons. The molecule has 2 atom stereocenters. The van der Waals surface area contributed by atoms with Gasteiger partial charge < -0.3 is 15.5 Å². The Morgan fingerprint density at radius 3 is 2.45 bits per heavy atom. The highest BCUT2D eigenvalue weighted by Crippen LogP contribution is 2.29. The summed E-state index contributed by atoms with van der Waals surface area (Å²) in [5, 5.41) is 0. The number of nitrogens with two attached hydrogens (primary N) is 1. The topological polar surface area (TPSA) is 66.6 Å². The van der Waals surface area contributed by atoms with E-state index in [0.717, 1.165) is 32.2 Å². The van der Waals surface area contributed by atoms with Crippen molar-refractivity contribution in [2.24, 2.45) is 11.7 Å². The SMILES string of the molecule is CC(=O)N(C[C@@H]1CCCN1C(=O)[C@@H](N)C(C)C)C1CC1. The molecular weight excluding hydrogens is 254 g/mol. The van der Waals surface area contributed by atoms with Gasteiger partial charge in [0.1, 0.15) is 0 Å². The van der Waals surface area contributed by atoms with E-state index in [1.54, 1.807) is 6.92 Å². The maximum atomic E-state index is 12.4. The van der Waals surface area contributed by atoms with Crippen LogP contribution < -0.4 is 5.73 Å². The predicted octanol–water partition coefficient (Wildman–Crippen LogP) is 0.972. The lowest BCUT2D eigenvalue weighted by atomic mass is 10.0. The van der Waals surface area contributed by atoms with Gasteiger partial charge in [0.05, 0.1) is 6.04 Å². The van der Waals surface area contributed by atoms with Gasteiger partial charge in [0.2, 0.25) is 11.8 Å². The number of carbonyl (C=O) groups excluding carboxylic acids is 2. The van der Waals surface area contributed by atoms with Crippen molar-refractivity contribution in [3.63, 3.8) is 0 Å². The van der Waals surface area contributed by atoms with Gasteiger partial charge in [0.25, 0.3) is 0 Å². The van der Waals surface area contributed by atoms with Gasteiger partial charge in [0, 0.05) is 32.1 Å². The van der Waals surface area contributed by atoms with E-state index in [2.05, 4.69) is 0 Å². The molecule has 2 fully saturated rings. The van der Waals surface area contributed by atoms with Crippen molar-refractivity contribution in [1.29, 1.82) is 0 Å². The molecule has 0 aromatic carbocycles. The number of carbonyl (C=O) groups is 2. The molecule has 20 heavy (non-hydrogen) atoms. The van der Waals surface area contributed by atoms with E-state index in [9.17, 15) is 9.59 Å². The zero-order valence-electron chi connectivity index (χ0n) is 12.8. The molecule has 0 bridgehead atoms. The first-order valence-corrected chi connectivity index (χ1v) is 7.75. The molecule has 1 heterocycles. The number of hydrogen-bond donors (Lipinski definition) is 1. The van der Waals surface area contributed by atoms with E-state index < -0.39 is 6.04 Å². The minimum atomic E-state index is -0.428. The van der Waals surface area contributed by atoms with E-state index in [1.807, 2.05) is 23.6 Å². The standard InChI is InChI=1S/C15H27N3O2/c1-10(2)14(16)15(20)17-8-4-5-13(17)9-18(11(3)19)12-6-7-12/h10,12-14H,4-9,16H2,1-3H3/t13-,14-/m0/s1. The molecule has 2 rings (SSSR count). The Morgan fingerprint density at radius 1 is 1.30 bits per heavy atom. The van der Waals surface area contributed by atoms with Gasteiger partial charge in [-0.25, -0.2) is 0 Å². The van der Waals surface area contributed by atoms with Gasteiger partial charge in [-0.1, -0.05) is 13.8 Å². The number of hydrogen-bond acceptors (Lipinski definition) is 3. The third-order valence-corrected chi connectivity index (χ3v) is 4.46. The average molecular weight is 281 g/mol. The molecule has 1 saturated heterocycles. The molecule has 2 N–H and O–H groups in total. The van der Waals surface area contributed by atoms with Crippen molar-refractivity contribution < 1.29 is 9.59 Å². The second-order valence-corrected chi connectivity index (χ2v) is 6.50. The van der Waals surface area contributed by atoms with Crippen LogP contribution in [0.1, 0.15) is 46.5 Å². The van der Waals surface area contributed by atoms with Gasteiger partial charge in [-0.3, -0.25) is 9.59 Å². The lowest BCUT2D eigenvalue weighted by Crippen LogP contribution is -2.51. The monoisotopic (exact) mass is 281 g/mol. The first-order chi connectivity index (χ1) is 9.41. The van der Waals surface area contributed by atoms with E-state index in [4.69, 9.17) is 5.73 Å². The van der Waals surface area contributed by atoms with Crippen molar-refractivity contribution >= 4 is 11.8 Å². The molecule has 1 aliphatic carbocycles. The Labute approximate surface area is 121 Å². The van der Waals surface area contributed by atoms with Crippen LogP contribution in [-0.2, 0) is 9.59 Å². The normalized spacial score (nSPS) is 24.1. The van der Waals surface area contributed by atoms with Gasteiger partial charge in [0.15, 0.2) is 0 Å². The van der Waals surface area contributed by atoms with Crippen LogP contribution in [0.4, 0.5) is 0 Å². The van der Waals surface area contributed by atoms with Gasteiger partial charge >= 0.3 is 0 Å². The van der Waals surface area contributed by atoms with Crippen molar-refractivity contribution in [2.75, 3.05) is 13.1 Å². The first-order valence-electron chi connectivity index (χ1n) is 7.75. The molecule has 0 unspecified atom stereocenters. The van der Waals surface area contributed by atoms with Crippen LogP contribution >= 0.6 is 0 Å². The Morgan fingerprint density at radius 2 is 1.95 bits per heavy atom. The van der Waals surface area contributed by atoms with Crippen LogP contribution in [0.15, 0.2) is 0 Å². The first kappa shape index (κ1) is 15.3. The number of rotatable bonds is 5. The predicted molar refractivity (Wildman–Crippen MR) is 78.0 cm³/mol. The minimum Gasteiger partial charge on any atom is -0.338 e. The van der Waals surface area contributed by atoms with Crippen LogP contribution in [0.3, 0.4) is 0 Å². The third kappa shape index (κ3) is 3.32. The van der Waals surface area contributed by atoms with E-state index in [-0.39, 0.29) is 23.8 Å². The number of likely N-dealkylation sites (tertiary alicyclic amines) is 1. The highest BCUT2D eigenvalue weighted by molar-refractivity contribution is 5.82. The molecule has 0 aromatic heterocycles. The molecule has 2 aliphatic rings.